The van der Waals surface area contributed by atoms with Crippen molar-refractivity contribution in [2.24, 2.45) is 0 Å². The van der Waals surface area contributed by atoms with Gasteiger partial charge in [-0.2, -0.15) is 11.8 Å². The average molecular weight is 282 g/mol. The molecule has 0 bridgehead atoms. The summed E-state index contributed by atoms with van der Waals surface area (Å²) in [5.41, 5.74) is 1.31. The predicted octanol–water partition coefficient (Wildman–Crippen LogP) is 3.02. The molecule has 1 saturated heterocycles. The van der Waals surface area contributed by atoms with Crippen LogP contribution in [0.15, 0.2) is 10.5 Å². The molecule has 1 N–H and O–H groups in total. The minimum Gasteiger partial charge on any atom is -0.465 e. The lowest BCUT2D eigenvalue weighted by atomic mass is 10.2. The number of nitrogens with zero attached hydrogens (tertiary/aromatic N) is 1. The SMILES string of the molecule is CCCNCc1cc(CN2CCSC(C)C2)oc1C. The average Bonchev–Trinajstić information content (AvgIpc) is 2.70. The van der Waals surface area contributed by atoms with Gasteiger partial charge in [0.2, 0.25) is 0 Å². The molecular formula is C15H26N2OS. The van der Waals surface area contributed by atoms with Crippen molar-refractivity contribution in [2.45, 2.75) is 45.5 Å². The summed E-state index contributed by atoms with van der Waals surface area (Å²) in [6.45, 7) is 11.9. The molecule has 2 rings (SSSR count). The standard InChI is InChI=1S/C15H26N2OS/c1-4-5-16-9-14-8-15(18-13(14)3)11-17-6-7-19-12(2)10-17/h8,12,16H,4-7,9-11H2,1-3H3. The van der Waals surface area contributed by atoms with E-state index in [1.165, 1.54) is 30.8 Å². The molecule has 0 radical (unpaired) electrons. The van der Waals surface area contributed by atoms with E-state index >= 15 is 0 Å². The Bertz CT molecular complexity index is 391. The first-order chi connectivity index (χ1) is 9.19. The van der Waals surface area contributed by atoms with Crippen molar-refractivity contribution >= 4 is 11.8 Å². The summed E-state index contributed by atoms with van der Waals surface area (Å²) in [4.78, 5) is 2.50. The number of nitrogens with one attached hydrogen (secondary N) is 1. The van der Waals surface area contributed by atoms with Crippen LogP contribution in [0, 0.1) is 6.92 Å². The number of thioether (sulfide) groups is 1. The van der Waals surface area contributed by atoms with Gasteiger partial charge in [-0.25, -0.2) is 0 Å². The zero-order chi connectivity index (χ0) is 13.7. The first-order valence-electron chi connectivity index (χ1n) is 7.32. The Hall–Kier alpha value is -0.450. The molecule has 2 heterocycles. The van der Waals surface area contributed by atoms with E-state index < -0.39 is 0 Å². The lowest BCUT2D eigenvalue weighted by Crippen LogP contribution is -2.35. The van der Waals surface area contributed by atoms with E-state index in [2.05, 4.69) is 48.8 Å². The Morgan fingerprint density at radius 1 is 1.53 bits per heavy atom. The summed E-state index contributed by atoms with van der Waals surface area (Å²) in [5.74, 6) is 3.43. The third-order valence-corrected chi connectivity index (χ3v) is 4.65. The lowest BCUT2D eigenvalue weighted by Gasteiger charge is -2.29. The second-order valence-corrected chi connectivity index (χ2v) is 6.93. The second-order valence-electron chi connectivity index (χ2n) is 5.39. The molecule has 108 valence electrons. The molecule has 0 aromatic carbocycles. The molecule has 0 aliphatic carbocycles. The molecule has 1 aromatic heterocycles. The zero-order valence-corrected chi connectivity index (χ0v) is 13.2. The van der Waals surface area contributed by atoms with Crippen LogP contribution in [0.25, 0.3) is 0 Å². The Balaban J connectivity index is 1.88. The first kappa shape index (κ1) is 14.9. The van der Waals surface area contributed by atoms with Crippen LogP contribution in [0.1, 0.15) is 37.4 Å². The van der Waals surface area contributed by atoms with E-state index in [1.54, 1.807) is 0 Å². The molecule has 4 heteroatoms. The van der Waals surface area contributed by atoms with Gasteiger partial charge in [-0.1, -0.05) is 13.8 Å². The normalized spacial score (nSPS) is 20.9. The molecule has 0 amide bonds. The molecule has 1 fully saturated rings. The smallest absolute Gasteiger partial charge is 0.118 e. The molecule has 1 aliphatic rings. The number of hydrogen-bond donors (Lipinski definition) is 1. The van der Waals surface area contributed by atoms with Gasteiger partial charge in [-0.3, -0.25) is 4.90 Å². The van der Waals surface area contributed by atoms with Crippen molar-refractivity contribution in [1.29, 1.82) is 0 Å². The topological polar surface area (TPSA) is 28.4 Å². The molecule has 0 saturated carbocycles. The fraction of sp³-hybridized carbons (Fsp3) is 0.733. The van der Waals surface area contributed by atoms with Crippen molar-refractivity contribution in [2.75, 3.05) is 25.4 Å². The highest BCUT2D eigenvalue weighted by Gasteiger charge is 2.18. The van der Waals surface area contributed by atoms with Crippen molar-refractivity contribution in [3.63, 3.8) is 0 Å². The highest BCUT2D eigenvalue weighted by atomic mass is 32.2. The van der Waals surface area contributed by atoms with Crippen LogP contribution in [0.5, 0.6) is 0 Å². The van der Waals surface area contributed by atoms with Crippen LogP contribution >= 0.6 is 11.8 Å². The second kappa shape index (κ2) is 7.36. The molecule has 3 nitrogen and oxygen atoms in total. The maximum atomic E-state index is 5.89. The van der Waals surface area contributed by atoms with Gasteiger partial charge >= 0.3 is 0 Å². The minimum absolute atomic E-state index is 0.746. The molecule has 19 heavy (non-hydrogen) atoms. The third-order valence-electron chi connectivity index (χ3n) is 3.52. The van der Waals surface area contributed by atoms with Crippen molar-refractivity contribution in [3.8, 4) is 0 Å². The number of hydrogen-bond acceptors (Lipinski definition) is 4. The molecule has 0 spiro atoms. The third kappa shape index (κ3) is 4.55. The molecule has 1 unspecified atom stereocenters. The van der Waals surface area contributed by atoms with Crippen LogP contribution in [0.3, 0.4) is 0 Å². The molecule has 1 atom stereocenters. The van der Waals surface area contributed by atoms with E-state index in [-0.39, 0.29) is 0 Å². The maximum Gasteiger partial charge on any atom is 0.118 e. The van der Waals surface area contributed by atoms with E-state index in [0.717, 1.165) is 36.4 Å². The van der Waals surface area contributed by atoms with Gasteiger partial charge in [0.15, 0.2) is 0 Å². The monoisotopic (exact) mass is 282 g/mol. The Labute approximate surface area is 121 Å². The summed E-state index contributed by atoms with van der Waals surface area (Å²) >= 11 is 2.07. The van der Waals surface area contributed by atoms with Crippen molar-refractivity contribution in [3.05, 3.63) is 23.2 Å². The van der Waals surface area contributed by atoms with Gasteiger partial charge in [0, 0.05) is 36.2 Å². The van der Waals surface area contributed by atoms with Crippen LogP contribution in [0.2, 0.25) is 0 Å². The van der Waals surface area contributed by atoms with E-state index in [1.807, 2.05) is 0 Å². The maximum absolute atomic E-state index is 5.89. The van der Waals surface area contributed by atoms with Gasteiger partial charge in [0.25, 0.3) is 0 Å². The highest BCUT2D eigenvalue weighted by Crippen LogP contribution is 2.21. The quantitative estimate of drug-likeness (QED) is 0.812. The van der Waals surface area contributed by atoms with Gasteiger partial charge in [-0.05, 0) is 26.0 Å². The Kier molecular flexibility index (Phi) is 5.79. The molecular weight excluding hydrogens is 256 g/mol. The van der Waals surface area contributed by atoms with Crippen LogP contribution in [-0.2, 0) is 13.1 Å². The fourth-order valence-corrected chi connectivity index (χ4v) is 3.58. The van der Waals surface area contributed by atoms with E-state index in [0.29, 0.717) is 0 Å². The summed E-state index contributed by atoms with van der Waals surface area (Å²) < 4.78 is 5.89. The predicted molar refractivity (Wildman–Crippen MR) is 82.6 cm³/mol. The summed E-state index contributed by atoms with van der Waals surface area (Å²) in [6, 6.07) is 2.23. The summed E-state index contributed by atoms with van der Waals surface area (Å²) in [5, 5.41) is 4.19. The van der Waals surface area contributed by atoms with Crippen LogP contribution < -0.4 is 5.32 Å². The summed E-state index contributed by atoms with van der Waals surface area (Å²) in [7, 11) is 0. The van der Waals surface area contributed by atoms with E-state index in [4.69, 9.17) is 4.42 Å². The van der Waals surface area contributed by atoms with Crippen molar-refractivity contribution in [1.82, 2.24) is 10.2 Å². The minimum atomic E-state index is 0.746. The van der Waals surface area contributed by atoms with Gasteiger partial charge < -0.3 is 9.73 Å². The van der Waals surface area contributed by atoms with Crippen molar-refractivity contribution < 1.29 is 4.42 Å². The van der Waals surface area contributed by atoms with Gasteiger partial charge in [0.05, 0.1) is 6.54 Å². The Morgan fingerprint density at radius 2 is 2.37 bits per heavy atom. The molecule has 1 aliphatic heterocycles. The van der Waals surface area contributed by atoms with Crippen LogP contribution in [0.4, 0.5) is 0 Å². The Morgan fingerprint density at radius 3 is 3.11 bits per heavy atom. The zero-order valence-electron chi connectivity index (χ0n) is 12.4. The largest absolute Gasteiger partial charge is 0.465 e. The van der Waals surface area contributed by atoms with Crippen LogP contribution in [-0.4, -0.2) is 35.5 Å². The first-order valence-corrected chi connectivity index (χ1v) is 8.36. The number of rotatable bonds is 6. The lowest BCUT2D eigenvalue weighted by molar-refractivity contribution is 0.253. The fourth-order valence-electron chi connectivity index (χ4n) is 2.50. The summed E-state index contributed by atoms with van der Waals surface area (Å²) in [6.07, 6.45) is 1.17. The number of furan rings is 1. The number of aryl methyl sites for hydroxylation is 1. The molecule has 1 aromatic rings. The van der Waals surface area contributed by atoms with Gasteiger partial charge in [-0.15, -0.1) is 0 Å². The van der Waals surface area contributed by atoms with Gasteiger partial charge in [0.1, 0.15) is 11.5 Å². The van der Waals surface area contributed by atoms with E-state index in [9.17, 15) is 0 Å². The highest BCUT2D eigenvalue weighted by molar-refractivity contribution is 7.99.